The molecule has 2 saturated heterocycles. The van der Waals surface area contributed by atoms with E-state index in [2.05, 4.69) is 6.58 Å². The van der Waals surface area contributed by atoms with Crippen LogP contribution in [0.2, 0.25) is 0 Å². The van der Waals surface area contributed by atoms with Gasteiger partial charge in [0.05, 0.1) is 25.9 Å². The van der Waals surface area contributed by atoms with Crippen molar-refractivity contribution >= 4 is 12.1 Å². The molecule has 9 nitrogen and oxygen atoms in total. The highest BCUT2D eigenvalue weighted by Crippen LogP contribution is 2.31. The van der Waals surface area contributed by atoms with Gasteiger partial charge in [-0.3, -0.25) is 0 Å². The first-order valence-electron chi connectivity index (χ1n) is 11.5. The third-order valence-corrected chi connectivity index (χ3v) is 5.46. The Morgan fingerprint density at radius 1 is 0.886 bits per heavy atom. The van der Waals surface area contributed by atoms with Gasteiger partial charge in [-0.05, 0) is 67.8 Å². The predicted molar refractivity (Wildman–Crippen MR) is 124 cm³/mol. The van der Waals surface area contributed by atoms with Crippen LogP contribution >= 0.6 is 0 Å². The second-order valence-electron chi connectivity index (χ2n) is 7.98. The Labute approximate surface area is 203 Å². The van der Waals surface area contributed by atoms with Gasteiger partial charge in [0.2, 0.25) is 0 Å². The van der Waals surface area contributed by atoms with Gasteiger partial charge in [0.15, 0.2) is 6.10 Å². The molecule has 0 aromatic heterocycles. The van der Waals surface area contributed by atoms with Gasteiger partial charge < -0.3 is 33.2 Å². The maximum Gasteiger partial charge on any atom is 0.513 e. The van der Waals surface area contributed by atoms with E-state index in [9.17, 15) is 9.59 Å². The number of rotatable bonds is 11. The third kappa shape index (κ3) is 7.21. The van der Waals surface area contributed by atoms with Crippen molar-refractivity contribution in [3.63, 3.8) is 0 Å². The van der Waals surface area contributed by atoms with E-state index in [1.54, 1.807) is 24.3 Å². The quantitative estimate of drug-likeness (QED) is 0.198. The lowest BCUT2D eigenvalue weighted by molar-refractivity contribution is -0.137. The molecule has 0 saturated carbocycles. The van der Waals surface area contributed by atoms with Gasteiger partial charge in [0.25, 0.3) is 0 Å². The number of hydrogen-bond donors (Lipinski definition) is 0. The van der Waals surface area contributed by atoms with Crippen LogP contribution in [0.3, 0.4) is 0 Å². The molecular formula is C26H28O9. The molecule has 2 aliphatic rings. The van der Waals surface area contributed by atoms with Crippen LogP contribution in [0.25, 0.3) is 0 Å². The first kappa shape index (κ1) is 24.6. The molecule has 2 heterocycles. The van der Waals surface area contributed by atoms with Crippen LogP contribution in [0, 0.1) is 0 Å². The molecular weight excluding hydrogens is 456 g/mol. The molecule has 2 aliphatic heterocycles. The van der Waals surface area contributed by atoms with E-state index < -0.39 is 12.1 Å². The minimum atomic E-state index is -0.806. The summed E-state index contributed by atoms with van der Waals surface area (Å²) in [5, 5.41) is 0. The summed E-state index contributed by atoms with van der Waals surface area (Å²) in [6.07, 6.45) is 2.35. The van der Waals surface area contributed by atoms with Gasteiger partial charge >= 0.3 is 12.1 Å². The number of fused-ring (bicyclic) bond motifs is 1. The topological polar surface area (TPSA) is 98.8 Å². The highest BCUT2D eigenvalue weighted by Gasteiger charge is 2.43. The maximum absolute atomic E-state index is 11.8. The molecule has 3 atom stereocenters. The van der Waals surface area contributed by atoms with Crippen molar-refractivity contribution in [2.24, 2.45) is 0 Å². The second kappa shape index (κ2) is 12.2. The van der Waals surface area contributed by atoms with Gasteiger partial charge in [0, 0.05) is 12.7 Å². The van der Waals surface area contributed by atoms with Crippen LogP contribution < -0.4 is 14.2 Å². The Kier molecular flexibility index (Phi) is 8.58. The average Bonchev–Trinajstić information content (AvgIpc) is 3.49. The van der Waals surface area contributed by atoms with E-state index in [4.69, 9.17) is 33.2 Å². The van der Waals surface area contributed by atoms with Crippen molar-refractivity contribution in [2.75, 3.05) is 26.4 Å². The fraction of sp³-hybridized carbons (Fsp3) is 0.385. The van der Waals surface area contributed by atoms with Crippen LogP contribution in [0.5, 0.6) is 23.0 Å². The Morgan fingerprint density at radius 3 is 2.20 bits per heavy atom. The van der Waals surface area contributed by atoms with Crippen LogP contribution in [0.1, 0.15) is 19.3 Å². The lowest BCUT2D eigenvalue weighted by Gasteiger charge is -2.18. The zero-order chi connectivity index (χ0) is 24.5. The first-order chi connectivity index (χ1) is 17.1. The minimum Gasteiger partial charge on any atom is -0.485 e. The number of ether oxygens (including phenoxy) is 7. The van der Waals surface area contributed by atoms with Crippen molar-refractivity contribution in [1.82, 2.24) is 0 Å². The molecule has 3 unspecified atom stereocenters. The maximum atomic E-state index is 11.8. The normalized spacial score (nSPS) is 20.5. The fourth-order valence-corrected chi connectivity index (χ4v) is 3.72. The van der Waals surface area contributed by atoms with E-state index in [1.807, 2.05) is 24.3 Å². The number of esters is 1. The van der Waals surface area contributed by atoms with Gasteiger partial charge in [-0.15, -0.1) is 0 Å². The summed E-state index contributed by atoms with van der Waals surface area (Å²) in [4.78, 5) is 22.7. The molecule has 0 aliphatic carbocycles. The van der Waals surface area contributed by atoms with E-state index in [1.165, 1.54) is 0 Å². The van der Waals surface area contributed by atoms with Gasteiger partial charge in [-0.1, -0.05) is 6.58 Å². The summed E-state index contributed by atoms with van der Waals surface area (Å²) in [6.45, 7) is 4.96. The van der Waals surface area contributed by atoms with Crippen LogP contribution in [-0.2, 0) is 23.7 Å². The number of hydrogen-bond acceptors (Lipinski definition) is 9. The molecule has 9 heteroatoms. The second-order valence-corrected chi connectivity index (χ2v) is 7.98. The van der Waals surface area contributed by atoms with Crippen molar-refractivity contribution < 1.29 is 42.7 Å². The molecule has 0 spiro atoms. The largest absolute Gasteiger partial charge is 0.513 e. The summed E-state index contributed by atoms with van der Waals surface area (Å²) in [5.41, 5.74) is 0. The van der Waals surface area contributed by atoms with Crippen LogP contribution in [0.15, 0.2) is 61.2 Å². The van der Waals surface area contributed by atoms with Crippen molar-refractivity contribution in [3.8, 4) is 23.0 Å². The van der Waals surface area contributed by atoms with Gasteiger partial charge in [0.1, 0.15) is 29.1 Å². The monoisotopic (exact) mass is 484 g/mol. The minimum absolute atomic E-state index is 0.00196. The average molecular weight is 485 g/mol. The smallest absolute Gasteiger partial charge is 0.485 e. The Bertz CT molecular complexity index is 987. The molecule has 186 valence electrons. The van der Waals surface area contributed by atoms with E-state index in [-0.39, 0.29) is 31.5 Å². The van der Waals surface area contributed by atoms with Gasteiger partial charge in [-0.25, -0.2) is 9.59 Å². The molecule has 0 radical (unpaired) electrons. The molecule has 2 aromatic rings. The van der Waals surface area contributed by atoms with Crippen molar-refractivity contribution in [2.45, 2.75) is 37.6 Å². The first-order valence-corrected chi connectivity index (χ1v) is 11.5. The number of carbonyl (C=O) groups is 2. The Balaban J connectivity index is 1.16. The molecule has 2 fully saturated rings. The summed E-state index contributed by atoms with van der Waals surface area (Å²) in [7, 11) is 0. The SMILES string of the molecule is C=CC(=O)OCCCCOC(=O)Oc1ccc(Oc2ccc(OC3COC4CCOC43)cc2)cc1. The lowest BCUT2D eigenvalue weighted by atomic mass is 10.1. The zero-order valence-electron chi connectivity index (χ0n) is 19.3. The van der Waals surface area contributed by atoms with Crippen molar-refractivity contribution in [1.29, 1.82) is 0 Å². The van der Waals surface area contributed by atoms with Crippen LogP contribution in [-0.4, -0.2) is 56.9 Å². The molecule has 0 bridgehead atoms. The predicted octanol–water partition coefficient (Wildman–Crippen LogP) is 4.44. The fourth-order valence-electron chi connectivity index (χ4n) is 3.72. The summed E-state index contributed by atoms with van der Waals surface area (Å²) >= 11 is 0. The highest BCUT2D eigenvalue weighted by atomic mass is 16.7. The van der Waals surface area contributed by atoms with E-state index >= 15 is 0 Å². The summed E-state index contributed by atoms with van der Waals surface area (Å²) < 4.78 is 38.3. The van der Waals surface area contributed by atoms with Crippen LogP contribution in [0.4, 0.5) is 4.79 Å². The summed E-state index contributed by atoms with van der Waals surface area (Å²) in [5.74, 6) is 1.80. The molecule has 2 aromatic carbocycles. The number of benzene rings is 2. The zero-order valence-corrected chi connectivity index (χ0v) is 19.3. The summed E-state index contributed by atoms with van der Waals surface area (Å²) in [6, 6.07) is 13.9. The third-order valence-electron chi connectivity index (χ3n) is 5.46. The molecule has 0 N–H and O–H groups in total. The molecule has 4 rings (SSSR count). The van der Waals surface area contributed by atoms with Crippen molar-refractivity contribution in [3.05, 3.63) is 61.2 Å². The lowest BCUT2D eigenvalue weighted by Crippen LogP contribution is -2.32. The Hall–Kier alpha value is -3.56. The number of carbonyl (C=O) groups excluding carboxylic acids is 2. The standard InChI is InChI=1S/C26H28O9/c1-2-24(27)29-14-3-4-15-31-26(28)35-21-11-7-19(8-12-21)33-18-5-9-20(10-6-18)34-23-17-32-22-13-16-30-25(22)23/h2,5-12,22-23,25H,1,3-4,13-17H2. The van der Waals surface area contributed by atoms with Gasteiger partial charge in [-0.2, -0.15) is 0 Å². The Morgan fingerprint density at radius 2 is 1.51 bits per heavy atom. The van der Waals surface area contributed by atoms with E-state index in [0.717, 1.165) is 18.2 Å². The molecule has 35 heavy (non-hydrogen) atoms. The number of unbranched alkanes of at least 4 members (excludes halogenated alkanes) is 1. The highest BCUT2D eigenvalue weighted by molar-refractivity contribution is 5.81. The molecule has 0 amide bonds. The van der Waals surface area contributed by atoms with E-state index in [0.29, 0.717) is 43.3 Å².